The van der Waals surface area contributed by atoms with Gasteiger partial charge < -0.3 is 5.11 Å². The number of carboxylic acid groups (broad SMARTS) is 1. The number of aliphatic carboxylic acids is 1. The third-order valence-electron chi connectivity index (χ3n) is 10.4. The van der Waals surface area contributed by atoms with Gasteiger partial charge in [0.05, 0.1) is 5.92 Å². The van der Waals surface area contributed by atoms with Crippen molar-refractivity contribution >= 4 is 5.97 Å². The lowest BCUT2D eigenvalue weighted by molar-refractivity contribution is -0.142. The van der Waals surface area contributed by atoms with Crippen LogP contribution in [-0.4, -0.2) is 11.1 Å². The highest BCUT2D eigenvalue weighted by Crippen LogP contribution is 2.21. The maximum absolute atomic E-state index is 11.7. The molecule has 0 saturated heterocycles. The van der Waals surface area contributed by atoms with Gasteiger partial charge in [-0.1, -0.05) is 251 Å². The van der Waals surface area contributed by atoms with Crippen molar-refractivity contribution in [1.82, 2.24) is 0 Å². The van der Waals surface area contributed by atoms with Gasteiger partial charge in [0, 0.05) is 0 Å². The van der Waals surface area contributed by atoms with Gasteiger partial charge in [0.15, 0.2) is 0 Å². The van der Waals surface area contributed by atoms with Crippen LogP contribution in [0.15, 0.2) is 0 Å². The number of hydrogen-bond acceptors (Lipinski definition) is 1. The smallest absolute Gasteiger partial charge is 0.306 e. The van der Waals surface area contributed by atoms with Crippen LogP contribution in [0.3, 0.4) is 0 Å². The Morgan fingerprint density at radius 3 is 0.622 bits per heavy atom. The molecule has 0 aliphatic carbocycles. The minimum absolute atomic E-state index is 0.0999. The monoisotopic (exact) mass is 635 g/mol. The topological polar surface area (TPSA) is 37.3 Å². The van der Waals surface area contributed by atoms with E-state index in [0.29, 0.717) is 0 Å². The first-order chi connectivity index (χ1) is 22.2. The number of carboxylic acids is 1. The molecule has 2 heteroatoms. The fourth-order valence-corrected chi connectivity index (χ4v) is 7.15. The molecule has 1 N–H and O–H groups in total. The second kappa shape index (κ2) is 39.6. The summed E-state index contributed by atoms with van der Waals surface area (Å²) in [6, 6.07) is 0. The van der Waals surface area contributed by atoms with Gasteiger partial charge in [0.25, 0.3) is 0 Å². The maximum atomic E-state index is 11.7. The average Bonchev–Trinajstić information content (AvgIpc) is 3.04. The van der Waals surface area contributed by atoms with Crippen LogP contribution in [-0.2, 0) is 4.79 Å². The van der Waals surface area contributed by atoms with E-state index in [-0.39, 0.29) is 5.92 Å². The Balaban J connectivity index is 3.34. The molecule has 1 atom stereocenters. The van der Waals surface area contributed by atoms with Crippen LogP contribution >= 0.6 is 0 Å². The van der Waals surface area contributed by atoms with Gasteiger partial charge in [-0.15, -0.1) is 0 Å². The number of hydrogen-bond donors (Lipinski definition) is 1. The predicted octanol–water partition coefficient (Wildman–Crippen LogP) is 15.9. The molecule has 0 spiro atoms. The van der Waals surface area contributed by atoms with Gasteiger partial charge in [0.2, 0.25) is 0 Å². The fourth-order valence-electron chi connectivity index (χ4n) is 7.15. The highest BCUT2D eigenvalue weighted by Gasteiger charge is 2.16. The highest BCUT2D eigenvalue weighted by molar-refractivity contribution is 5.69. The summed E-state index contributed by atoms with van der Waals surface area (Å²) in [5.41, 5.74) is 0. The Morgan fingerprint density at radius 1 is 0.311 bits per heavy atom. The zero-order valence-corrected chi connectivity index (χ0v) is 31.5. The molecule has 0 bridgehead atoms. The maximum Gasteiger partial charge on any atom is 0.306 e. The second-order valence-electron chi connectivity index (χ2n) is 15.0. The first-order valence-electron chi connectivity index (χ1n) is 21.4. The Bertz CT molecular complexity index is 544. The molecule has 0 aromatic rings. The second-order valence-corrected chi connectivity index (χ2v) is 15.0. The molecule has 0 fully saturated rings. The lowest BCUT2D eigenvalue weighted by Crippen LogP contribution is -2.13. The summed E-state index contributed by atoms with van der Waals surface area (Å²) in [4.78, 5) is 11.7. The Kier molecular flexibility index (Phi) is 39.2. The summed E-state index contributed by atoms with van der Waals surface area (Å²) in [7, 11) is 0. The van der Waals surface area contributed by atoms with Crippen molar-refractivity contribution in [2.45, 2.75) is 264 Å². The largest absolute Gasteiger partial charge is 0.481 e. The normalized spacial score (nSPS) is 12.2. The molecule has 0 saturated carbocycles. The van der Waals surface area contributed by atoms with Crippen LogP contribution in [0, 0.1) is 5.92 Å². The van der Waals surface area contributed by atoms with E-state index in [2.05, 4.69) is 13.8 Å². The molecular formula is C43H86O2. The van der Waals surface area contributed by atoms with Crippen LogP contribution in [0.4, 0.5) is 0 Å². The van der Waals surface area contributed by atoms with Crippen LogP contribution in [0.25, 0.3) is 0 Å². The van der Waals surface area contributed by atoms with Crippen molar-refractivity contribution in [1.29, 1.82) is 0 Å². The van der Waals surface area contributed by atoms with Crippen molar-refractivity contribution in [3.63, 3.8) is 0 Å². The van der Waals surface area contributed by atoms with Gasteiger partial charge in [0.1, 0.15) is 0 Å². The molecule has 0 aromatic heterocycles. The van der Waals surface area contributed by atoms with E-state index in [0.717, 1.165) is 25.7 Å². The van der Waals surface area contributed by atoms with E-state index >= 15 is 0 Å². The van der Waals surface area contributed by atoms with Gasteiger partial charge in [-0.2, -0.15) is 0 Å². The third-order valence-corrected chi connectivity index (χ3v) is 10.4. The molecule has 0 rings (SSSR count). The summed E-state index contributed by atoms with van der Waals surface area (Å²) in [6.45, 7) is 4.59. The van der Waals surface area contributed by atoms with E-state index in [9.17, 15) is 9.90 Å². The van der Waals surface area contributed by atoms with Crippen molar-refractivity contribution in [3.8, 4) is 0 Å². The van der Waals surface area contributed by atoms with E-state index in [4.69, 9.17) is 0 Å². The third kappa shape index (κ3) is 37.8. The zero-order valence-electron chi connectivity index (χ0n) is 31.5. The Hall–Kier alpha value is -0.530. The lowest BCUT2D eigenvalue weighted by atomic mass is 9.94. The first kappa shape index (κ1) is 44.5. The van der Waals surface area contributed by atoms with Gasteiger partial charge in [-0.25, -0.2) is 0 Å². The summed E-state index contributed by atoms with van der Waals surface area (Å²) < 4.78 is 0. The zero-order chi connectivity index (χ0) is 32.7. The van der Waals surface area contributed by atoms with Gasteiger partial charge in [-0.05, 0) is 12.8 Å². The number of rotatable bonds is 40. The Morgan fingerprint density at radius 2 is 0.467 bits per heavy atom. The van der Waals surface area contributed by atoms with E-state index in [1.54, 1.807) is 0 Å². The standard InChI is InChI=1S/C43H86O2/c1-3-5-7-9-11-13-15-17-19-20-21-22-23-24-25-27-29-31-33-35-37-39-41-42(43(44)45)40-38-36-34-32-30-28-26-18-16-14-12-10-8-6-4-2/h42H,3-41H2,1-2H3,(H,44,45). The van der Waals surface area contributed by atoms with Gasteiger partial charge >= 0.3 is 5.97 Å². The van der Waals surface area contributed by atoms with Crippen molar-refractivity contribution in [3.05, 3.63) is 0 Å². The van der Waals surface area contributed by atoms with Crippen molar-refractivity contribution in [2.24, 2.45) is 5.92 Å². The lowest BCUT2D eigenvalue weighted by Gasteiger charge is -2.12. The molecule has 0 heterocycles. The number of unbranched alkanes of at least 4 members (excludes halogenated alkanes) is 35. The molecule has 0 amide bonds. The molecule has 270 valence electrons. The number of carbonyl (C=O) groups is 1. The van der Waals surface area contributed by atoms with E-state index < -0.39 is 5.97 Å². The molecule has 0 radical (unpaired) electrons. The van der Waals surface area contributed by atoms with Crippen LogP contribution in [0.2, 0.25) is 0 Å². The Labute approximate surface area is 285 Å². The summed E-state index contributed by atoms with van der Waals surface area (Å²) in [6.07, 6.45) is 53.2. The van der Waals surface area contributed by atoms with Crippen LogP contribution in [0.5, 0.6) is 0 Å². The minimum atomic E-state index is -0.552. The molecule has 1 unspecified atom stereocenters. The SMILES string of the molecule is CCCCCCCCCCCCCCCCCCCCCCCCC(CCCCCCCCCCCCCCCCC)C(=O)O. The molecule has 45 heavy (non-hydrogen) atoms. The van der Waals surface area contributed by atoms with Crippen molar-refractivity contribution < 1.29 is 9.90 Å². The molecule has 0 aliphatic rings. The first-order valence-corrected chi connectivity index (χ1v) is 21.4. The summed E-state index contributed by atoms with van der Waals surface area (Å²) >= 11 is 0. The quantitative estimate of drug-likeness (QED) is 0.0681. The van der Waals surface area contributed by atoms with E-state index in [1.165, 1.54) is 225 Å². The summed E-state index contributed by atoms with van der Waals surface area (Å²) in [5, 5.41) is 9.66. The molecular weight excluding hydrogens is 548 g/mol. The average molecular weight is 635 g/mol. The van der Waals surface area contributed by atoms with Crippen molar-refractivity contribution in [2.75, 3.05) is 0 Å². The highest BCUT2D eigenvalue weighted by atomic mass is 16.4. The predicted molar refractivity (Wildman–Crippen MR) is 203 cm³/mol. The van der Waals surface area contributed by atoms with Crippen LogP contribution < -0.4 is 0 Å². The molecule has 0 aliphatic heterocycles. The van der Waals surface area contributed by atoms with Crippen LogP contribution in [0.1, 0.15) is 264 Å². The van der Waals surface area contributed by atoms with Gasteiger partial charge in [-0.3, -0.25) is 4.79 Å². The van der Waals surface area contributed by atoms with E-state index in [1.807, 2.05) is 0 Å². The minimum Gasteiger partial charge on any atom is -0.481 e. The summed E-state index contributed by atoms with van der Waals surface area (Å²) in [5.74, 6) is -0.652. The molecule has 0 aromatic carbocycles. The fraction of sp³-hybridized carbons (Fsp3) is 0.977. The molecule has 2 nitrogen and oxygen atoms in total.